The van der Waals surface area contributed by atoms with Gasteiger partial charge in [0, 0.05) is 26.3 Å². The summed E-state index contributed by atoms with van der Waals surface area (Å²) in [5, 5.41) is 0. The van der Waals surface area contributed by atoms with Gasteiger partial charge in [0.1, 0.15) is 5.69 Å². The third-order valence-corrected chi connectivity index (χ3v) is 2.87. The van der Waals surface area contributed by atoms with E-state index in [1.54, 1.807) is 36.1 Å². The van der Waals surface area contributed by atoms with Crippen molar-refractivity contribution < 1.29 is 4.79 Å². The smallest absolute Gasteiger partial charge is 0.276 e. The minimum Gasteiger partial charge on any atom is -0.330 e. The molecule has 0 aliphatic carbocycles. The van der Waals surface area contributed by atoms with Gasteiger partial charge in [0.25, 0.3) is 5.91 Å². The van der Waals surface area contributed by atoms with Crippen molar-refractivity contribution in [2.45, 2.75) is 6.54 Å². The zero-order chi connectivity index (χ0) is 13.1. The number of benzene rings is 1. The van der Waals surface area contributed by atoms with Crippen LogP contribution in [0.15, 0.2) is 36.8 Å². The van der Waals surface area contributed by atoms with Crippen LogP contribution in [-0.2, 0) is 13.6 Å². The zero-order valence-electron chi connectivity index (χ0n) is 10.5. The van der Waals surface area contributed by atoms with Gasteiger partial charge in [-0.15, -0.1) is 0 Å². The Morgan fingerprint density at radius 2 is 2.28 bits per heavy atom. The first-order valence-corrected chi connectivity index (χ1v) is 5.67. The molecule has 5 heteroatoms. The van der Waals surface area contributed by atoms with Gasteiger partial charge in [0.2, 0.25) is 0 Å². The summed E-state index contributed by atoms with van der Waals surface area (Å²) < 4.78 is 1.70. The van der Waals surface area contributed by atoms with Crippen LogP contribution < -0.4 is 10.6 Å². The molecule has 2 aromatic rings. The number of nitrogens with two attached hydrogens (primary N) is 1. The number of amides is 1. The van der Waals surface area contributed by atoms with Crippen molar-refractivity contribution in [2.75, 3.05) is 11.9 Å². The van der Waals surface area contributed by atoms with Crippen molar-refractivity contribution in [3.05, 3.63) is 48.0 Å². The molecule has 2 N–H and O–H groups in total. The van der Waals surface area contributed by atoms with Crippen molar-refractivity contribution in [3.63, 3.8) is 0 Å². The van der Waals surface area contributed by atoms with Crippen LogP contribution in [-0.4, -0.2) is 22.5 Å². The normalized spacial score (nSPS) is 10.4. The lowest BCUT2D eigenvalue weighted by Gasteiger charge is -2.18. The molecule has 1 amide bonds. The Morgan fingerprint density at radius 1 is 1.50 bits per heavy atom. The Bertz CT molecular complexity index is 562. The van der Waals surface area contributed by atoms with Gasteiger partial charge in [-0.1, -0.05) is 12.1 Å². The maximum absolute atomic E-state index is 12.3. The lowest BCUT2D eigenvalue weighted by atomic mass is 10.2. The van der Waals surface area contributed by atoms with Crippen molar-refractivity contribution in [2.24, 2.45) is 12.8 Å². The average Bonchev–Trinajstić information content (AvgIpc) is 2.83. The Kier molecular flexibility index (Phi) is 3.43. The highest BCUT2D eigenvalue weighted by Crippen LogP contribution is 2.16. The third kappa shape index (κ3) is 2.26. The number of imidazole rings is 1. The number of carbonyl (C=O) groups is 1. The minimum atomic E-state index is -0.0934. The van der Waals surface area contributed by atoms with Gasteiger partial charge >= 0.3 is 0 Å². The summed E-state index contributed by atoms with van der Waals surface area (Å²) in [4.78, 5) is 17.8. The topological polar surface area (TPSA) is 64.2 Å². The van der Waals surface area contributed by atoms with Crippen molar-refractivity contribution in [1.82, 2.24) is 9.55 Å². The Labute approximate surface area is 106 Å². The summed E-state index contributed by atoms with van der Waals surface area (Å²) in [5.74, 6) is -0.0934. The molecule has 0 spiro atoms. The molecule has 0 aliphatic rings. The van der Waals surface area contributed by atoms with Crippen molar-refractivity contribution in [1.29, 1.82) is 0 Å². The maximum Gasteiger partial charge on any atom is 0.276 e. The summed E-state index contributed by atoms with van der Waals surface area (Å²) in [6.45, 7) is 0.460. The van der Waals surface area contributed by atoms with E-state index in [4.69, 9.17) is 5.73 Å². The van der Waals surface area contributed by atoms with Crippen LogP contribution >= 0.6 is 0 Å². The van der Waals surface area contributed by atoms with Crippen molar-refractivity contribution in [3.8, 4) is 0 Å². The second-order valence-electron chi connectivity index (χ2n) is 4.13. The summed E-state index contributed by atoms with van der Waals surface area (Å²) in [6, 6.07) is 7.62. The van der Waals surface area contributed by atoms with E-state index in [1.165, 1.54) is 0 Å². The third-order valence-electron chi connectivity index (χ3n) is 2.87. The van der Waals surface area contributed by atoms with Crippen LogP contribution in [0.25, 0.3) is 0 Å². The lowest BCUT2D eigenvalue weighted by molar-refractivity contribution is 0.0985. The molecule has 2 rings (SSSR count). The van der Waals surface area contributed by atoms with E-state index in [2.05, 4.69) is 4.98 Å². The molecule has 0 saturated carbocycles. The van der Waals surface area contributed by atoms with Gasteiger partial charge in [-0.2, -0.15) is 0 Å². The van der Waals surface area contributed by atoms with Crippen LogP contribution in [0.5, 0.6) is 0 Å². The highest BCUT2D eigenvalue weighted by Gasteiger charge is 2.16. The van der Waals surface area contributed by atoms with E-state index in [-0.39, 0.29) is 5.91 Å². The molecule has 0 bridgehead atoms. The minimum absolute atomic E-state index is 0.0934. The van der Waals surface area contributed by atoms with Gasteiger partial charge in [-0.05, 0) is 17.7 Å². The summed E-state index contributed by atoms with van der Waals surface area (Å²) in [6.07, 6.45) is 3.17. The number of aromatic nitrogens is 2. The molecule has 0 aliphatic heterocycles. The van der Waals surface area contributed by atoms with E-state index < -0.39 is 0 Å². The molecule has 0 unspecified atom stereocenters. The van der Waals surface area contributed by atoms with Crippen LogP contribution in [0.2, 0.25) is 0 Å². The van der Waals surface area contributed by atoms with Crippen LogP contribution in [0.1, 0.15) is 16.1 Å². The lowest BCUT2D eigenvalue weighted by Crippen LogP contribution is -2.28. The monoisotopic (exact) mass is 244 g/mol. The fourth-order valence-electron chi connectivity index (χ4n) is 1.74. The number of hydrogen-bond donors (Lipinski definition) is 1. The molecule has 18 heavy (non-hydrogen) atoms. The molecular formula is C13H16N4O. The molecule has 0 atom stereocenters. The summed E-state index contributed by atoms with van der Waals surface area (Å²) in [7, 11) is 3.54. The van der Waals surface area contributed by atoms with Gasteiger partial charge < -0.3 is 15.2 Å². The first-order valence-electron chi connectivity index (χ1n) is 5.67. The Hall–Kier alpha value is -2.14. The van der Waals surface area contributed by atoms with E-state index in [1.807, 2.05) is 24.3 Å². The molecule has 1 aromatic heterocycles. The number of rotatable bonds is 3. The molecule has 0 fully saturated rings. The highest BCUT2D eigenvalue weighted by molar-refractivity contribution is 6.04. The van der Waals surface area contributed by atoms with Gasteiger partial charge in [-0.25, -0.2) is 4.98 Å². The number of nitrogens with zero attached hydrogens (tertiary/aromatic N) is 3. The van der Waals surface area contributed by atoms with Crippen molar-refractivity contribution >= 4 is 11.6 Å². The quantitative estimate of drug-likeness (QED) is 0.881. The molecular weight excluding hydrogens is 228 g/mol. The van der Waals surface area contributed by atoms with Crippen LogP contribution in [0.4, 0.5) is 5.69 Å². The standard InChI is InChI=1S/C13H16N4O/c1-16-9-15-8-12(16)13(18)17(2)11-5-3-4-10(6-11)7-14/h3-6,8-9H,7,14H2,1-2H3. The number of anilines is 1. The molecule has 0 radical (unpaired) electrons. The second kappa shape index (κ2) is 5.01. The second-order valence-corrected chi connectivity index (χ2v) is 4.13. The predicted molar refractivity (Wildman–Crippen MR) is 70.3 cm³/mol. The Morgan fingerprint density at radius 3 is 2.89 bits per heavy atom. The van der Waals surface area contributed by atoms with Crippen LogP contribution in [0.3, 0.4) is 0 Å². The highest BCUT2D eigenvalue weighted by atomic mass is 16.2. The van der Waals surface area contributed by atoms with E-state index in [0.29, 0.717) is 12.2 Å². The zero-order valence-corrected chi connectivity index (χ0v) is 10.5. The Balaban J connectivity index is 2.28. The fourth-order valence-corrected chi connectivity index (χ4v) is 1.74. The van der Waals surface area contributed by atoms with Gasteiger partial charge in [0.15, 0.2) is 0 Å². The molecule has 1 aromatic carbocycles. The molecule has 94 valence electrons. The number of carbonyl (C=O) groups excluding carboxylic acids is 1. The average molecular weight is 244 g/mol. The van der Waals surface area contributed by atoms with E-state index in [0.717, 1.165) is 11.3 Å². The van der Waals surface area contributed by atoms with E-state index >= 15 is 0 Å². The first-order chi connectivity index (χ1) is 8.63. The molecule has 0 saturated heterocycles. The van der Waals surface area contributed by atoms with Gasteiger partial charge in [0.05, 0.1) is 12.5 Å². The number of aryl methyl sites for hydroxylation is 1. The predicted octanol–water partition coefficient (Wildman–Crippen LogP) is 1.16. The first kappa shape index (κ1) is 12.3. The van der Waals surface area contributed by atoms with Gasteiger partial charge in [-0.3, -0.25) is 4.79 Å². The van der Waals surface area contributed by atoms with Crippen LogP contribution in [0, 0.1) is 0 Å². The SMILES string of the molecule is CN(C(=O)c1cncn1C)c1cccc(CN)c1. The molecule has 5 nitrogen and oxygen atoms in total. The fraction of sp³-hybridized carbons (Fsp3) is 0.231. The van der Waals surface area contributed by atoms with E-state index in [9.17, 15) is 4.79 Å². The largest absolute Gasteiger partial charge is 0.330 e. The maximum atomic E-state index is 12.3. The molecule has 1 heterocycles. The summed E-state index contributed by atoms with van der Waals surface area (Å²) in [5.41, 5.74) is 7.97. The number of hydrogen-bond acceptors (Lipinski definition) is 3. The summed E-state index contributed by atoms with van der Waals surface area (Å²) >= 11 is 0.